The van der Waals surface area contributed by atoms with Crippen LogP contribution in [0.5, 0.6) is 0 Å². The molecule has 0 aromatic heterocycles. The van der Waals surface area contributed by atoms with Crippen LogP contribution in [0.25, 0.3) is 0 Å². The van der Waals surface area contributed by atoms with Crippen LogP contribution in [0, 0.1) is 6.92 Å². The smallest absolute Gasteiger partial charge is 0.264 e. The first-order valence-electron chi connectivity index (χ1n) is 13.2. The maximum Gasteiger partial charge on any atom is 0.264 e. The molecule has 218 valence electrons. The number of carbonyl (C=O) groups is 2. The molecule has 10 heteroatoms. The van der Waals surface area contributed by atoms with Crippen LogP contribution in [0.4, 0.5) is 5.69 Å². The highest BCUT2D eigenvalue weighted by molar-refractivity contribution is 7.92. The summed E-state index contributed by atoms with van der Waals surface area (Å²) in [6.07, 6.45) is 0.223. The van der Waals surface area contributed by atoms with Crippen LogP contribution in [-0.2, 0) is 32.6 Å². The molecule has 0 aliphatic carbocycles. The van der Waals surface area contributed by atoms with Crippen LogP contribution < -0.4 is 9.62 Å². The van der Waals surface area contributed by atoms with Gasteiger partial charge in [-0.3, -0.25) is 13.9 Å². The number of hydrogen-bond donors (Lipinski definition) is 1. The third-order valence-electron chi connectivity index (χ3n) is 6.73. The number of rotatable bonds is 11. The fraction of sp³-hybridized carbons (Fsp3) is 0.188. The van der Waals surface area contributed by atoms with Crippen LogP contribution in [-0.4, -0.2) is 44.8 Å². The Morgan fingerprint density at radius 1 is 0.810 bits per heavy atom. The molecule has 4 aromatic rings. The zero-order valence-electron chi connectivity index (χ0n) is 23.2. The number of amides is 2. The largest absolute Gasteiger partial charge is 0.357 e. The van der Waals surface area contributed by atoms with Crippen LogP contribution in [0.2, 0.25) is 10.0 Å². The van der Waals surface area contributed by atoms with E-state index >= 15 is 0 Å². The molecule has 7 nitrogen and oxygen atoms in total. The first-order chi connectivity index (χ1) is 20.1. The van der Waals surface area contributed by atoms with Gasteiger partial charge in [0, 0.05) is 30.1 Å². The van der Waals surface area contributed by atoms with Gasteiger partial charge in [-0.15, -0.1) is 0 Å². The predicted octanol–water partition coefficient (Wildman–Crippen LogP) is 5.88. The molecule has 0 heterocycles. The Morgan fingerprint density at radius 3 is 2.12 bits per heavy atom. The Hall–Kier alpha value is -3.85. The highest BCUT2D eigenvalue weighted by Crippen LogP contribution is 2.27. The lowest BCUT2D eigenvalue weighted by molar-refractivity contribution is -0.139. The lowest BCUT2D eigenvalue weighted by atomic mass is 10.0. The van der Waals surface area contributed by atoms with Gasteiger partial charge in [0.2, 0.25) is 11.8 Å². The predicted molar refractivity (Wildman–Crippen MR) is 167 cm³/mol. The van der Waals surface area contributed by atoms with Crippen molar-refractivity contribution in [3.8, 4) is 0 Å². The lowest BCUT2D eigenvalue weighted by Gasteiger charge is -2.33. The number of likely N-dealkylation sites (N-methyl/N-ethyl adjacent to an activating group) is 1. The molecule has 42 heavy (non-hydrogen) atoms. The molecule has 4 rings (SSSR count). The summed E-state index contributed by atoms with van der Waals surface area (Å²) in [6, 6.07) is 28.1. The van der Waals surface area contributed by atoms with Crippen molar-refractivity contribution in [2.24, 2.45) is 0 Å². The standard InChI is InChI=1S/C32H31Cl2N3O4S/c1-23-8-6-13-28(18-23)37(42(40,41)29-16-14-26(33)15-17-29)22-31(38)36(21-25-11-7-12-27(34)19-25)30(32(39)35-2)20-24-9-4-3-5-10-24/h3-19,30H,20-22H2,1-2H3,(H,35,39). The van der Waals surface area contributed by atoms with E-state index in [0.717, 1.165) is 15.4 Å². The maximum atomic E-state index is 14.3. The van der Waals surface area contributed by atoms with E-state index in [1.54, 1.807) is 42.5 Å². The Bertz CT molecular complexity index is 1650. The van der Waals surface area contributed by atoms with Gasteiger partial charge >= 0.3 is 0 Å². The van der Waals surface area contributed by atoms with Gasteiger partial charge in [-0.1, -0.05) is 77.8 Å². The molecule has 1 atom stereocenters. The number of carbonyl (C=O) groups excluding carboxylic acids is 2. The summed E-state index contributed by atoms with van der Waals surface area (Å²) in [7, 11) is -2.69. The number of aryl methyl sites for hydroxylation is 1. The summed E-state index contributed by atoms with van der Waals surface area (Å²) in [5, 5.41) is 3.53. The maximum absolute atomic E-state index is 14.3. The van der Waals surface area contributed by atoms with E-state index in [-0.39, 0.29) is 23.8 Å². The third kappa shape index (κ3) is 7.70. The topological polar surface area (TPSA) is 86.8 Å². The molecular formula is C32H31Cl2N3O4S. The minimum absolute atomic E-state index is 0.0188. The number of anilines is 1. The average Bonchev–Trinajstić information content (AvgIpc) is 2.98. The SMILES string of the molecule is CNC(=O)C(Cc1ccccc1)N(Cc1cccc(Cl)c1)C(=O)CN(c1cccc(C)c1)S(=O)(=O)c1ccc(Cl)cc1. The fourth-order valence-corrected chi connectivity index (χ4v) is 6.34. The van der Waals surface area contributed by atoms with Gasteiger partial charge in [-0.25, -0.2) is 8.42 Å². The quantitative estimate of drug-likeness (QED) is 0.226. The van der Waals surface area contributed by atoms with E-state index in [0.29, 0.717) is 21.3 Å². The van der Waals surface area contributed by atoms with Crippen molar-refractivity contribution in [3.05, 3.63) is 130 Å². The molecule has 0 saturated carbocycles. The second-order valence-electron chi connectivity index (χ2n) is 9.78. The summed E-state index contributed by atoms with van der Waals surface area (Å²) >= 11 is 12.3. The highest BCUT2D eigenvalue weighted by atomic mass is 35.5. The fourth-order valence-electron chi connectivity index (χ4n) is 4.60. The van der Waals surface area contributed by atoms with Gasteiger partial charge in [0.25, 0.3) is 10.0 Å². The number of nitrogens with zero attached hydrogens (tertiary/aromatic N) is 2. The van der Waals surface area contributed by atoms with E-state index < -0.39 is 28.5 Å². The zero-order valence-corrected chi connectivity index (χ0v) is 25.5. The highest BCUT2D eigenvalue weighted by Gasteiger charge is 2.34. The van der Waals surface area contributed by atoms with Crippen LogP contribution in [0.1, 0.15) is 16.7 Å². The number of nitrogens with one attached hydrogen (secondary N) is 1. The normalized spacial score (nSPS) is 11.9. The first-order valence-corrected chi connectivity index (χ1v) is 15.4. The third-order valence-corrected chi connectivity index (χ3v) is 9.00. The van der Waals surface area contributed by atoms with E-state index in [9.17, 15) is 18.0 Å². The Labute approximate surface area is 256 Å². The van der Waals surface area contributed by atoms with Crippen LogP contribution in [0.3, 0.4) is 0 Å². The average molecular weight is 625 g/mol. The molecule has 0 aliphatic heterocycles. The van der Waals surface area contributed by atoms with Crippen molar-refractivity contribution < 1.29 is 18.0 Å². The van der Waals surface area contributed by atoms with E-state index in [1.165, 1.54) is 36.2 Å². The minimum Gasteiger partial charge on any atom is -0.357 e. The van der Waals surface area contributed by atoms with E-state index in [2.05, 4.69) is 5.32 Å². The van der Waals surface area contributed by atoms with Gasteiger partial charge in [-0.2, -0.15) is 0 Å². The van der Waals surface area contributed by atoms with Crippen molar-refractivity contribution in [1.29, 1.82) is 0 Å². The lowest BCUT2D eigenvalue weighted by Crippen LogP contribution is -2.53. The first kappa shape index (κ1) is 31.1. The molecule has 0 saturated heterocycles. The zero-order chi connectivity index (χ0) is 30.3. The van der Waals surface area contributed by atoms with E-state index in [1.807, 2.05) is 43.3 Å². The van der Waals surface area contributed by atoms with Crippen molar-refractivity contribution in [2.45, 2.75) is 30.8 Å². The second kappa shape index (κ2) is 13.9. The summed E-state index contributed by atoms with van der Waals surface area (Å²) in [5.41, 5.74) is 2.68. The number of halogens is 2. The van der Waals surface area contributed by atoms with Crippen LogP contribution in [0.15, 0.2) is 108 Å². The molecule has 4 aromatic carbocycles. The molecule has 0 spiro atoms. The van der Waals surface area contributed by atoms with Crippen LogP contribution >= 0.6 is 23.2 Å². The van der Waals surface area contributed by atoms with Crippen molar-refractivity contribution in [3.63, 3.8) is 0 Å². The molecule has 0 aliphatic rings. The van der Waals surface area contributed by atoms with Crippen molar-refractivity contribution in [2.75, 3.05) is 17.9 Å². The van der Waals surface area contributed by atoms with Gasteiger partial charge < -0.3 is 10.2 Å². The molecule has 0 bridgehead atoms. The minimum atomic E-state index is -4.20. The number of benzene rings is 4. The van der Waals surface area contributed by atoms with E-state index in [4.69, 9.17) is 23.2 Å². The van der Waals surface area contributed by atoms with Gasteiger partial charge in [0.15, 0.2) is 0 Å². The monoisotopic (exact) mass is 623 g/mol. The Balaban J connectivity index is 1.79. The van der Waals surface area contributed by atoms with Gasteiger partial charge in [0.1, 0.15) is 12.6 Å². The van der Waals surface area contributed by atoms with Crippen molar-refractivity contribution >= 4 is 50.7 Å². The van der Waals surface area contributed by atoms with Gasteiger partial charge in [0.05, 0.1) is 10.6 Å². The summed E-state index contributed by atoms with van der Waals surface area (Å²) in [6.45, 7) is 1.33. The Kier molecular flexibility index (Phi) is 10.3. The molecule has 0 radical (unpaired) electrons. The molecule has 2 amide bonds. The molecule has 0 fully saturated rings. The van der Waals surface area contributed by atoms with Gasteiger partial charge in [-0.05, 0) is 72.1 Å². The second-order valence-corrected chi connectivity index (χ2v) is 12.5. The number of sulfonamides is 1. The summed E-state index contributed by atoms with van der Waals surface area (Å²) < 4.78 is 29.0. The molecule has 1 unspecified atom stereocenters. The van der Waals surface area contributed by atoms with Crippen molar-refractivity contribution in [1.82, 2.24) is 10.2 Å². The molecular weight excluding hydrogens is 593 g/mol. The summed E-state index contributed by atoms with van der Waals surface area (Å²) in [4.78, 5) is 29.0. The summed E-state index contributed by atoms with van der Waals surface area (Å²) in [5.74, 6) is -0.935. The number of hydrogen-bond acceptors (Lipinski definition) is 4. The Morgan fingerprint density at radius 2 is 1.48 bits per heavy atom. The molecule has 1 N–H and O–H groups in total.